The number of rotatable bonds is 10. The summed E-state index contributed by atoms with van der Waals surface area (Å²) in [7, 11) is 3.49. The molecule has 6 heteroatoms. The number of hydrogen-bond acceptors (Lipinski definition) is 6. The SMILES string of the molecule is CNc1nc(C)cc(NCCCCOCCOC)n1. The Kier molecular flexibility index (Phi) is 7.84. The predicted octanol–water partition coefficient (Wildman–Crippen LogP) is 1.68. The number of ether oxygens (including phenoxy) is 2. The number of nitrogens with one attached hydrogen (secondary N) is 2. The van der Waals surface area contributed by atoms with Crippen LogP contribution < -0.4 is 10.6 Å². The first kappa shape index (κ1) is 15.7. The minimum absolute atomic E-state index is 0.644. The smallest absolute Gasteiger partial charge is 0.224 e. The van der Waals surface area contributed by atoms with Crippen LogP contribution in [0.3, 0.4) is 0 Å². The lowest BCUT2D eigenvalue weighted by Crippen LogP contribution is -2.08. The first-order valence-electron chi connectivity index (χ1n) is 6.60. The van der Waals surface area contributed by atoms with Crippen molar-refractivity contribution in [2.75, 3.05) is 51.2 Å². The molecule has 0 spiro atoms. The molecule has 0 aromatic carbocycles. The highest BCUT2D eigenvalue weighted by Gasteiger charge is 1.99. The van der Waals surface area contributed by atoms with Crippen molar-refractivity contribution in [3.05, 3.63) is 11.8 Å². The van der Waals surface area contributed by atoms with E-state index in [-0.39, 0.29) is 0 Å². The molecule has 2 N–H and O–H groups in total. The first-order chi connectivity index (χ1) is 9.26. The molecule has 1 aromatic rings. The van der Waals surface area contributed by atoms with Gasteiger partial charge in [-0.2, -0.15) is 4.98 Å². The fourth-order valence-corrected chi connectivity index (χ4v) is 1.56. The molecular weight excluding hydrogens is 244 g/mol. The van der Waals surface area contributed by atoms with Crippen molar-refractivity contribution in [2.45, 2.75) is 19.8 Å². The fraction of sp³-hybridized carbons (Fsp3) is 0.692. The summed E-state index contributed by atoms with van der Waals surface area (Å²) in [4.78, 5) is 8.57. The zero-order valence-corrected chi connectivity index (χ0v) is 12.0. The van der Waals surface area contributed by atoms with Crippen molar-refractivity contribution < 1.29 is 9.47 Å². The van der Waals surface area contributed by atoms with E-state index in [0.717, 1.165) is 37.5 Å². The number of aromatic nitrogens is 2. The van der Waals surface area contributed by atoms with Crippen molar-refractivity contribution in [1.82, 2.24) is 9.97 Å². The molecule has 108 valence electrons. The van der Waals surface area contributed by atoms with E-state index in [4.69, 9.17) is 9.47 Å². The second kappa shape index (κ2) is 9.52. The number of methoxy groups -OCH3 is 1. The van der Waals surface area contributed by atoms with Gasteiger partial charge in [-0.15, -0.1) is 0 Å². The maximum atomic E-state index is 5.39. The topological polar surface area (TPSA) is 68.3 Å². The number of aryl methyl sites for hydroxylation is 1. The molecule has 0 aliphatic carbocycles. The molecule has 0 amide bonds. The minimum Gasteiger partial charge on any atom is -0.382 e. The Morgan fingerprint density at radius 1 is 1.16 bits per heavy atom. The largest absolute Gasteiger partial charge is 0.382 e. The standard InChI is InChI=1S/C13H24N4O2/c1-11-10-12(17-13(14-2)16-11)15-6-4-5-7-19-9-8-18-3/h10H,4-9H2,1-3H3,(H2,14,15,16,17). The third-order valence-electron chi connectivity index (χ3n) is 2.53. The van der Waals surface area contributed by atoms with Crippen molar-refractivity contribution in [1.29, 1.82) is 0 Å². The number of unbranched alkanes of at least 4 members (excludes halogenated alkanes) is 1. The molecule has 0 saturated carbocycles. The Bertz CT molecular complexity index is 360. The van der Waals surface area contributed by atoms with E-state index in [1.807, 2.05) is 20.0 Å². The maximum absolute atomic E-state index is 5.39. The lowest BCUT2D eigenvalue weighted by molar-refractivity contribution is 0.0691. The molecule has 1 aromatic heterocycles. The number of hydrogen-bond donors (Lipinski definition) is 2. The Morgan fingerprint density at radius 3 is 2.74 bits per heavy atom. The number of nitrogens with zero attached hydrogens (tertiary/aromatic N) is 2. The Balaban J connectivity index is 2.13. The van der Waals surface area contributed by atoms with Gasteiger partial charge in [-0.1, -0.05) is 0 Å². The van der Waals surface area contributed by atoms with Crippen LogP contribution in [-0.4, -0.2) is 50.5 Å². The minimum atomic E-state index is 0.644. The van der Waals surface area contributed by atoms with Crippen LogP contribution in [0.15, 0.2) is 6.07 Å². The summed E-state index contributed by atoms with van der Waals surface area (Å²) in [6.07, 6.45) is 2.07. The van der Waals surface area contributed by atoms with Crippen LogP contribution in [0.4, 0.5) is 11.8 Å². The van der Waals surface area contributed by atoms with E-state index >= 15 is 0 Å². The van der Waals surface area contributed by atoms with Gasteiger partial charge in [0, 0.05) is 39.1 Å². The summed E-state index contributed by atoms with van der Waals surface area (Å²) < 4.78 is 10.3. The van der Waals surface area contributed by atoms with Gasteiger partial charge in [-0.3, -0.25) is 0 Å². The third kappa shape index (κ3) is 6.93. The first-order valence-corrected chi connectivity index (χ1v) is 6.60. The summed E-state index contributed by atoms with van der Waals surface area (Å²) in [6, 6.07) is 1.94. The van der Waals surface area contributed by atoms with Crippen molar-refractivity contribution in [3.8, 4) is 0 Å². The summed E-state index contributed by atoms with van der Waals surface area (Å²) >= 11 is 0. The van der Waals surface area contributed by atoms with Crippen molar-refractivity contribution in [2.24, 2.45) is 0 Å². The highest BCUT2D eigenvalue weighted by molar-refractivity contribution is 5.41. The van der Waals surface area contributed by atoms with Gasteiger partial charge in [-0.05, 0) is 19.8 Å². The van der Waals surface area contributed by atoms with Crippen LogP contribution in [0.5, 0.6) is 0 Å². The fourth-order valence-electron chi connectivity index (χ4n) is 1.56. The van der Waals surface area contributed by atoms with Gasteiger partial charge in [0.25, 0.3) is 0 Å². The van der Waals surface area contributed by atoms with Gasteiger partial charge in [0.2, 0.25) is 5.95 Å². The molecule has 0 unspecified atom stereocenters. The van der Waals surface area contributed by atoms with Crippen LogP contribution in [0.25, 0.3) is 0 Å². The number of anilines is 2. The molecule has 6 nitrogen and oxygen atoms in total. The van der Waals surface area contributed by atoms with Crippen molar-refractivity contribution >= 4 is 11.8 Å². The van der Waals surface area contributed by atoms with Gasteiger partial charge in [0.15, 0.2) is 0 Å². The van der Waals surface area contributed by atoms with E-state index in [0.29, 0.717) is 19.2 Å². The molecule has 1 heterocycles. The molecule has 0 fully saturated rings. The highest BCUT2D eigenvalue weighted by atomic mass is 16.5. The van der Waals surface area contributed by atoms with Gasteiger partial charge < -0.3 is 20.1 Å². The van der Waals surface area contributed by atoms with Crippen molar-refractivity contribution in [3.63, 3.8) is 0 Å². The quantitative estimate of drug-likeness (QED) is 0.629. The van der Waals surface area contributed by atoms with Crippen LogP contribution >= 0.6 is 0 Å². The van der Waals surface area contributed by atoms with E-state index in [1.165, 1.54) is 0 Å². The zero-order chi connectivity index (χ0) is 13.9. The second-order valence-electron chi connectivity index (χ2n) is 4.21. The van der Waals surface area contributed by atoms with E-state index in [9.17, 15) is 0 Å². The monoisotopic (exact) mass is 268 g/mol. The highest BCUT2D eigenvalue weighted by Crippen LogP contribution is 2.09. The molecule has 0 atom stereocenters. The summed E-state index contributed by atoms with van der Waals surface area (Å²) in [5.41, 5.74) is 0.949. The predicted molar refractivity (Wildman–Crippen MR) is 76.7 cm³/mol. The lowest BCUT2D eigenvalue weighted by atomic mass is 10.3. The summed E-state index contributed by atoms with van der Waals surface area (Å²) in [5, 5.41) is 6.24. The molecule has 0 radical (unpaired) electrons. The molecule has 0 aliphatic rings. The molecule has 0 bridgehead atoms. The summed E-state index contributed by atoms with van der Waals surface area (Å²) in [6.45, 7) is 4.94. The Labute approximate surface area is 114 Å². The molecule has 0 aliphatic heterocycles. The average molecular weight is 268 g/mol. The molecule has 0 saturated heterocycles. The van der Waals surface area contributed by atoms with Crippen LogP contribution in [0, 0.1) is 6.92 Å². The zero-order valence-electron chi connectivity index (χ0n) is 12.0. The van der Waals surface area contributed by atoms with E-state index in [1.54, 1.807) is 7.11 Å². The van der Waals surface area contributed by atoms with Crippen LogP contribution in [0.1, 0.15) is 18.5 Å². The van der Waals surface area contributed by atoms with Gasteiger partial charge in [0.05, 0.1) is 13.2 Å². The lowest BCUT2D eigenvalue weighted by Gasteiger charge is -2.08. The maximum Gasteiger partial charge on any atom is 0.224 e. The van der Waals surface area contributed by atoms with Crippen LogP contribution in [0.2, 0.25) is 0 Å². The van der Waals surface area contributed by atoms with E-state index in [2.05, 4.69) is 20.6 Å². The van der Waals surface area contributed by atoms with Gasteiger partial charge >= 0.3 is 0 Å². The normalized spacial score (nSPS) is 10.5. The molecular formula is C13H24N4O2. The van der Waals surface area contributed by atoms with Gasteiger partial charge in [-0.25, -0.2) is 4.98 Å². The Morgan fingerprint density at radius 2 is 2.00 bits per heavy atom. The van der Waals surface area contributed by atoms with E-state index < -0.39 is 0 Å². The molecule has 19 heavy (non-hydrogen) atoms. The molecule has 1 rings (SSSR count). The van der Waals surface area contributed by atoms with Crippen LogP contribution in [-0.2, 0) is 9.47 Å². The third-order valence-corrected chi connectivity index (χ3v) is 2.53. The summed E-state index contributed by atoms with van der Waals surface area (Å²) in [5.74, 6) is 1.50. The average Bonchev–Trinajstić information content (AvgIpc) is 2.41. The Hall–Kier alpha value is -1.40. The van der Waals surface area contributed by atoms with Gasteiger partial charge in [0.1, 0.15) is 5.82 Å². The second-order valence-corrected chi connectivity index (χ2v) is 4.21.